The van der Waals surface area contributed by atoms with Gasteiger partial charge in [-0.15, -0.1) is 0 Å². The lowest BCUT2D eigenvalue weighted by Gasteiger charge is -2.27. The number of carbonyl (C=O) groups excluding carboxylic acids is 1. The van der Waals surface area contributed by atoms with Crippen molar-refractivity contribution < 1.29 is 18.0 Å². The van der Waals surface area contributed by atoms with E-state index in [1.807, 2.05) is 12.1 Å². The Morgan fingerprint density at radius 2 is 1.88 bits per heavy atom. The molecule has 3 nitrogen and oxygen atoms in total. The average molecular weight is 348 g/mol. The minimum absolute atomic E-state index is 0.122. The van der Waals surface area contributed by atoms with Crippen LogP contribution >= 0.6 is 0 Å². The van der Waals surface area contributed by atoms with Crippen LogP contribution in [0.25, 0.3) is 0 Å². The molecule has 6 heteroatoms. The highest BCUT2D eigenvalue weighted by Gasteiger charge is 2.43. The highest BCUT2D eigenvalue weighted by Crippen LogP contribution is 2.39. The first-order valence-electron chi connectivity index (χ1n) is 8.29. The quantitative estimate of drug-likeness (QED) is 0.816. The van der Waals surface area contributed by atoms with Crippen LogP contribution in [-0.4, -0.2) is 28.5 Å². The molecule has 1 fully saturated rings. The monoisotopic (exact) mass is 348 g/mol. The van der Waals surface area contributed by atoms with Crippen molar-refractivity contribution in [1.82, 2.24) is 9.88 Å². The second-order valence-electron chi connectivity index (χ2n) is 6.21. The fourth-order valence-electron chi connectivity index (χ4n) is 3.35. The molecule has 25 heavy (non-hydrogen) atoms. The Bertz CT molecular complexity index is 704. The maximum atomic E-state index is 13.5. The van der Waals surface area contributed by atoms with Crippen LogP contribution < -0.4 is 0 Å². The Morgan fingerprint density at radius 1 is 1.16 bits per heavy atom. The van der Waals surface area contributed by atoms with E-state index in [1.165, 1.54) is 12.1 Å². The Labute approximate surface area is 144 Å². The molecule has 2 atom stereocenters. The third-order valence-electron chi connectivity index (χ3n) is 4.58. The number of aromatic nitrogens is 1. The number of halogens is 3. The van der Waals surface area contributed by atoms with Gasteiger partial charge in [-0.05, 0) is 30.5 Å². The van der Waals surface area contributed by atoms with Crippen LogP contribution in [0.5, 0.6) is 0 Å². The first-order valence-corrected chi connectivity index (χ1v) is 8.29. The summed E-state index contributed by atoms with van der Waals surface area (Å²) in [6, 6.07) is 12.8. The number of likely N-dealkylation sites (tertiary alicyclic amines) is 1. The second kappa shape index (κ2) is 7.25. The number of carbonyl (C=O) groups is 1. The number of pyridine rings is 1. The van der Waals surface area contributed by atoms with Crippen LogP contribution in [0.2, 0.25) is 0 Å². The first-order chi connectivity index (χ1) is 12.0. The maximum Gasteiger partial charge on any atom is 0.396 e. The summed E-state index contributed by atoms with van der Waals surface area (Å²) in [4.78, 5) is 18.5. The van der Waals surface area contributed by atoms with E-state index in [0.717, 1.165) is 18.5 Å². The molecule has 0 bridgehead atoms. The summed E-state index contributed by atoms with van der Waals surface area (Å²) in [7, 11) is 0. The molecule has 0 spiro atoms. The standard InChI is InChI=1S/C19H19F3N2O/c20-19(21,22)15(14-7-2-1-3-8-14)13-18(25)24-12-6-10-17(24)16-9-4-5-11-23-16/h1-5,7-9,11,15,17H,6,10,12-13H2/t15-,17-/m1/s1. The van der Waals surface area contributed by atoms with Crippen molar-refractivity contribution in [3.63, 3.8) is 0 Å². The van der Waals surface area contributed by atoms with E-state index >= 15 is 0 Å². The lowest BCUT2D eigenvalue weighted by Crippen LogP contribution is -2.34. The largest absolute Gasteiger partial charge is 0.396 e. The molecule has 2 heterocycles. The van der Waals surface area contributed by atoms with E-state index in [1.54, 1.807) is 35.4 Å². The zero-order valence-electron chi connectivity index (χ0n) is 13.6. The molecule has 1 amide bonds. The zero-order valence-corrected chi connectivity index (χ0v) is 13.6. The van der Waals surface area contributed by atoms with Crippen molar-refractivity contribution in [2.45, 2.75) is 37.4 Å². The van der Waals surface area contributed by atoms with Gasteiger partial charge in [0.2, 0.25) is 5.91 Å². The predicted octanol–water partition coefficient (Wildman–Crippen LogP) is 4.48. The Kier molecular flexibility index (Phi) is 5.06. The van der Waals surface area contributed by atoms with E-state index in [4.69, 9.17) is 0 Å². The molecule has 1 aromatic heterocycles. The highest BCUT2D eigenvalue weighted by atomic mass is 19.4. The van der Waals surface area contributed by atoms with Gasteiger partial charge in [-0.1, -0.05) is 36.4 Å². The van der Waals surface area contributed by atoms with Crippen molar-refractivity contribution in [2.75, 3.05) is 6.54 Å². The number of alkyl halides is 3. The molecule has 3 rings (SSSR count). The topological polar surface area (TPSA) is 33.2 Å². The smallest absolute Gasteiger partial charge is 0.334 e. The van der Waals surface area contributed by atoms with Crippen LogP contribution in [0, 0.1) is 0 Å². The van der Waals surface area contributed by atoms with Gasteiger partial charge in [0.1, 0.15) is 0 Å². The van der Waals surface area contributed by atoms with E-state index in [-0.39, 0.29) is 11.6 Å². The van der Waals surface area contributed by atoms with Gasteiger partial charge in [-0.25, -0.2) is 0 Å². The SMILES string of the molecule is O=C(C[C@H](c1ccccc1)C(F)(F)F)N1CCC[C@@H]1c1ccccn1. The maximum absolute atomic E-state index is 13.5. The Hall–Kier alpha value is -2.37. The number of amides is 1. The normalized spacial score (nSPS) is 19.0. The summed E-state index contributed by atoms with van der Waals surface area (Å²) in [5.41, 5.74) is 0.855. The summed E-state index contributed by atoms with van der Waals surface area (Å²) < 4.78 is 40.5. The van der Waals surface area contributed by atoms with E-state index in [2.05, 4.69) is 4.98 Å². The predicted molar refractivity (Wildman–Crippen MR) is 87.8 cm³/mol. The summed E-state index contributed by atoms with van der Waals surface area (Å²) in [5.74, 6) is -2.26. The van der Waals surface area contributed by atoms with Gasteiger partial charge in [0.15, 0.2) is 0 Å². The molecule has 1 saturated heterocycles. The fraction of sp³-hybridized carbons (Fsp3) is 0.368. The summed E-state index contributed by atoms with van der Waals surface area (Å²) >= 11 is 0. The Morgan fingerprint density at radius 3 is 2.52 bits per heavy atom. The van der Waals surface area contributed by atoms with Crippen molar-refractivity contribution in [2.24, 2.45) is 0 Å². The molecule has 1 aliphatic rings. The molecule has 0 unspecified atom stereocenters. The van der Waals surface area contributed by atoms with Crippen molar-refractivity contribution in [3.05, 3.63) is 66.0 Å². The second-order valence-corrected chi connectivity index (χ2v) is 6.21. The molecular formula is C19H19F3N2O. The molecular weight excluding hydrogens is 329 g/mol. The molecule has 1 aromatic carbocycles. The molecule has 132 valence electrons. The van der Waals surface area contributed by atoms with Gasteiger partial charge in [-0.3, -0.25) is 9.78 Å². The molecule has 0 saturated carbocycles. The van der Waals surface area contributed by atoms with Gasteiger partial charge >= 0.3 is 6.18 Å². The van der Waals surface area contributed by atoms with Gasteiger partial charge in [-0.2, -0.15) is 13.2 Å². The van der Waals surface area contributed by atoms with E-state index < -0.39 is 24.4 Å². The van der Waals surface area contributed by atoms with E-state index in [0.29, 0.717) is 6.54 Å². The minimum Gasteiger partial charge on any atom is -0.334 e. The van der Waals surface area contributed by atoms with Crippen molar-refractivity contribution in [3.8, 4) is 0 Å². The third-order valence-corrected chi connectivity index (χ3v) is 4.58. The zero-order chi connectivity index (χ0) is 17.9. The van der Waals surface area contributed by atoms with Gasteiger partial charge in [0.25, 0.3) is 0 Å². The minimum atomic E-state index is -4.46. The number of hydrogen-bond acceptors (Lipinski definition) is 2. The van der Waals surface area contributed by atoms with Crippen LogP contribution in [0.4, 0.5) is 13.2 Å². The first kappa shape index (κ1) is 17.5. The van der Waals surface area contributed by atoms with Crippen LogP contribution in [0.15, 0.2) is 54.7 Å². The number of rotatable bonds is 4. The van der Waals surface area contributed by atoms with Crippen LogP contribution in [-0.2, 0) is 4.79 Å². The molecule has 0 N–H and O–H groups in total. The third kappa shape index (κ3) is 4.00. The van der Waals surface area contributed by atoms with Crippen LogP contribution in [0.3, 0.4) is 0 Å². The Balaban J connectivity index is 1.79. The number of hydrogen-bond donors (Lipinski definition) is 0. The van der Waals surface area contributed by atoms with Gasteiger partial charge in [0.05, 0.1) is 17.7 Å². The summed E-state index contributed by atoms with van der Waals surface area (Å²) in [6.07, 6.45) is -1.90. The van der Waals surface area contributed by atoms with Crippen LogP contribution in [0.1, 0.15) is 42.5 Å². The fourth-order valence-corrected chi connectivity index (χ4v) is 3.35. The van der Waals surface area contributed by atoms with Crippen molar-refractivity contribution >= 4 is 5.91 Å². The van der Waals surface area contributed by atoms with Gasteiger partial charge in [0, 0.05) is 19.2 Å². The van der Waals surface area contributed by atoms with E-state index in [9.17, 15) is 18.0 Å². The lowest BCUT2D eigenvalue weighted by molar-refractivity contribution is -0.161. The summed E-state index contributed by atoms with van der Waals surface area (Å²) in [5, 5.41) is 0. The molecule has 0 radical (unpaired) electrons. The number of nitrogens with zero attached hydrogens (tertiary/aromatic N) is 2. The lowest BCUT2D eigenvalue weighted by atomic mass is 9.94. The average Bonchev–Trinajstić information content (AvgIpc) is 3.10. The van der Waals surface area contributed by atoms with Crippen molar-refractivity contribution in [1.29, 1.82) is 0 Å². The van der Waals surface area contributed by atoms with Gasteiger partial charge < -0.3 is 4.90 Å². The summed E-state index contributed by atoms with van der Waals surface area (Å²) in [6.45, 7) is 0.472. The highest BCUT2D eigenvalue weighted by molar-refractivity contribution is 5.78. The molecule has 1 aliphatic heterocycles. The molecule has 0 aliphatic carbocycles. The molecule has 2 aromatic rings. The number of benzene rings is 1.